The summed E-state index contributed by atoms with van der Waals surface area (Å²) in [5.41, 5.74) is 7.65. The molecule has 0 saturated heterocycles. The largest absolute Gasteiger partial charge is 0.504 e. The molecular formula is C35H32N6O2. The van der Waals surface area contributed by atoms with Crippen LogP contribution < -0.4 is 15.0 Å². The Morgan fingerprint density at radius 1 is 0.884 bits per heavy atom. The number of aliphatic imine (C=N–C) groups is 2. The zero-order valence-corrected chi connectivity index (χ0v) is 24.3. The molecule has 0 spiro atoms. The van der Waals surface area contributed by atoms with Gasteiger partial charge in [-0.3, -0.25) is 0 Å². The number of para-hydroxylation sites is 3. The third-order valence-corrected chi connectivity index (χ3v) is 7.86. The third kappa shape index (κ3) is 4.61. The molecule has 5 aromatic rings. The van der Waals surface area contributed by atoms with Gasteiger partial charge in [-0.15, -0.1) is 0 Å². The van der Waals surface area contributed by atoms with Gasteiger partial charge in [0.2, 0.25) is 0 Å². The van der Waals surface area contributed by atoms with Crippen LogP contribution >= 0.6 is 0 Å². The number of phenolic OH excluding ortho intramolecular Hbond substituents is 1. The lowest BCUT2D eigenvalue weighted by Crippen LogP contribution is -2.46. The average molecular weight is 569 g/mol. The molecule has 8 heteroatoms. The normalized spacial score (nSPS) is 15.1. The van der Waals surface area contributed by atoms with Crippen molar-refractivity contribution < 1.29 is 9.84 Å². The van der Waals surface area contributed by atoms with Crippen molar-refractivity contribution in [2.75, 3.05) is 16.8 Å². The number of ether oxygens (including phenoxy) is 1. The first-order valence-electron chi connectivity index (χ1n) is 14.6. The van der Waals surface area contributed by atoms with E-state index in [0.717, 1.165) is 51.8 Å². The van der Waals surface area contributed by atoms with Crippen molar-refractivity contribution >= 4 is 34.6 Å². The first kappa shape index (κ1) is 26.5. The Labute approximate surface area is 250 Å². The molecule has 8 nitrogen and oxygen atoms in total. The predicted molar refractivity (Wildman–Crippen MR) is 172 cm³/mol. The number of rotatable bonds is 6. The Morgan fingerprint density at radius 2 is 1.65 bits per heavy atom. The maximum absolute atomic E-state index is 10.6. The number of nitrogens with zero attached hydrogens (tertiary/aromatic N) is 5. The summed E-state index contributed by atoms with van der Waals surface area (Å²) in [7, 11) is 0. The molecule has 4 aromatic carbocycles. The van der Waals surface area contributed by atoms with E-state index in [1.807, 2.05) is 79.2 Å². The molecule has 1 aromatic heterocycles. The standard InChI is InChI=1S/C35H32N6O2/c1-4-23-15-18-25(19-16-23)36-33-35-38-34-31(22(3)39-41(34)26-11-7-6-8-12-26)32(24-17-20-29(42)30(21-24)43-5-2)40(35)28-14-10-9-13-27(28)37-33/h6-21,32,42H,4-5H2,1-3H3,(H,36,37). The summed E-state index contributed by atoms with van der Waals surface area (Å²) in [6.45, 7) is 6.52. The van der Waals surface area contributed by atoms with Crippen LogP contribution in [0, 0.1) is 6.92 Å². The van der Waals surface area contributed by atoms with Crippen molar-refractivity contribution in [1.82, 2.24) is 9.78 Å². The molecule has 0 bridgehead atoms. The number of aryl methyl sites for hydroxylation is 2. The van der Waals surface area contributed by atoms with E-state index in [-0.39, 0.29) is 11.8 Å². The Kier molecular flexibility index (Phi) is 6.66. The van der Waals surface area contributed by atoms with E-state index in [1.54, 1.807) is 6.07 Å². The highest BCUT2D eigenvalue weighted by atomic mass is 16.5. The fraction of sp³-hybridized carbons (Fsp3) is 0.171. The molecule has 3 heterocycles. The summed E-state index contributed by atoms with van der Waals surface area (Å²) in [4.78, 5) is 12.6. The van der Waals surface area contributed by atoms with Crippen molar-refractivity contribution in [3.05, 3.63) is 119 Å². The SMILES string of the molecule is CCOc1cc(C2c3c(C)nn(-c4ccccc4)c3N=C3C(Nc4ccc(CC)cc4)=Nc4ccccc4N32)ccc1O. The number of anilines is 2. The van der Waals surface area contributed by atoms with E-state index in [9.17, 15) is 5.11 Å². The van der Waals surface area contributed by atoms with Crippen LogP contribution in [0.5, 0.6) is 11.5 Å². The van der Waals surface area contributed by atoms with Crippen molar-refractivity contribution in [2.45, 2.75) is 33.2 Å². The number of amidine groups is 2. The summed E-state index contributed by atoms with van der Waals surface area (Å²) in [5, 5.41) is 19.2. The summed E-state index contributed by atoms with van der Waals surface area (Å²) < 4.78 is 7.73. The minimum atomic E-state index is -0.323. The fourth-order valence-electron chi connectivity index (χ4n) is 5.79. The highest BCUT2D eigenvalue weighted by molar-refractivity contribution is 6.51. The van der Waals surface area contributed by atoms with Crippen molar-refractivity contribution in [3.8, 4) is 17.2 Å². The van der Waals surface area contributed by atoms with Crippen molar-refractivity contribution in [1.29, 1.82) is 0 Å². The molecule has 2 aliphatic heterocycles. The number of nitrogens with one attached hydrogen (secondary N) is 1. The topological polar surface area (TPSA) is 87.3 Å². The van der Waals surface area contributed by atoms with Gasteiger partial charge < -0.3 is 20.1 Å². The number of fused-ring (bicyclic) bond motifs is 4. The van der Waals surface area contributed by atoms with Gasteiger partial charge in [-0.05, 0) is 79.9 Å². The summed E-state index contributed by atoms with van der Waals surface area (Å²) in [6.07, 6.45) is 0.971. The molecule has 1 atom stereocenters. The second-order valence-corrected chi connectivity index (χ2v) is 10.6. The molecule has 43 heavy (non-hydrogen) atoms. The molecule has 2 aliphatic rings. The van der Waals surface area contributed by atoms with Crippen molar-refractivity contribution in [3.63, 3.8) is 0 Å². The van der Waals surface area contributed by atoms with Gasteiger partial charge in [0, 0.05) is 11.3 Å². The zero-order chi connectivity index (χ0) is 29.5. The van der Waals surface area contributed by atoms with Gasteiger partial charge in [-0.1, -0.05) is 55.5 Å². The molecule has 0 fully saturated rings. The quantitative estimate of drug-likeness (QED) is 0.220. The highest BCUT2D eigenvalue weighted by Crippen LogP contribution is 2.49. The average Bonchev–Trinajstić information content (AvgIpc) is 3.38. The molecule has 7 rings (SSSR count). The summed E-state index contributed by atoms with van der Waals surface area (Å²) in [6, 6.07) is 31.8. The van der Waals surface area contributed by atoms with Gasteiger partial charge in [-0.2, -0.15) is 5.10 Å². The van der Waals surface area contributed by atoms with Gasteiger partial charge in [0.25, 0.3) is 0 Å². The van der Waals surface area contributed by atoms with Crippen LogP contribution in [0.25, 0.3) is 5.69 Å². The first-order chi connectivity index (χ1) is 21.1. The molecule has 2 N–H and O–H groups in total. The predicted octanol–water partition coefficient (Wildman–Crippen LogP) is 7.64. The van der Waals surface area contributed by atoms with Crippen LogP contribution in [0.1, 0.15) is 42.3 Å². The lowest BCUT2D eigenvalue weighted by atomic mass is 9.93. The second kappa shape index (κ2) is 10.8. The summed E-state index contributed by atoms with van der Waals surface area (Å²) in [5.74, 6) is 2.60. The van der Waals surface area contributed by atoms with Crippen LogP contribution in [0.15, 0.2) is 107 Å². The van der Waals surface area contributed by atoms with Crippen LogP contribution in [0.4, 0.5) is 22.9 Å². The zero-order valence-electron chi connectivity index (χ0n) is 24.3. The molecule has 214 valence electrons. The van der Waals surface area contributed by atoms with Crippen LogP contribution in [0.3, 0.4) is 0 Å². The second-order valence-electron chi connectivity index (χ2n) is 10.6. The van der Waals surface area contributed by atoms with Gasteiger partial charge in [-0.25, -0.2) is 14.7 Å². The van der Waals surface area contributed by atoms with Gasteiger partial charge in [0.05, 0.1) is 35.4 Å². The van der Waals surface area contributed by atoms with E-state index in [2.05, 4.69) is 47.5 Å². The van der Waals surface area contributed by atoms with Crippen LogP contribution in [0.2, 0.25) is 0 Å². The minimum absolute atomic E-state index is 0.103. The molecule has 0 saturated carbocycles. The lowest BCUT2D eigenvalue weighted by Gasteiger charge is -2.40. The van der Waals surface area contributed by atoms with Gasteiger partial charge in [0.15, 0.2) is 29.0 Å². The van der Waals surface area contributed by atoms with E-state index < -0.39 is 0 Å². The van der Waals surface area contributed by atoms with Gasteiger partial charge >= 0.3 is 0 Å². The van der Waals surface area contributed by atoms with E-state index in [4.69, 9.17) is 19.8 Å². The Hall–Kier alpha value is -5.37. The Balaban J connectivity index is 1.47. The molecule has 0 radical (unpaired) electrons. The Bertz CT molecular complexity index is 1870. The molecule has 0 amide bonds. The van der Waals surface area contributed by atoms with Gasteiger partial charge in [0.1, 0.15) is 0 Å². The fourth-order valence-corrected chi connectivity index (χ4v) is 5.79. The maximum atomic E-state index is 10.6. The van der Waals surface area contributed by atoms with Crippen molar-refractivity contribution in [2.24, 2.45) is 9.98 Å². The highest BCUT2D eigenvalue weighted by Gasteiger charge is 2.41. The monoisotopic (exact) mass is 568 g/mol. The number of hydrogen-bond acceptors (Lipinski definition) is 7. The van der Waals surface area contributed by atoms with Crippen LogP contribution in [-0.4, -0.2) is 33.2 Å². The van der Waals surface area contributed by atoms with E-state index in [1.165, 1.54) is 5.56 Å². The lowest BCUT2D eigenvalue weighted by molar-refractivity contribution is 0.317. The Morgan fingerprint density at radius 3 is 2.42 bits per heavy atom. The number of benzene rings is 4. The number of aromatic hydroxyl groups is 1. The maximum Gasteiger partial charge on any atom is 0.179 e. The molecular weight excluding hydrogens is 536 g/mol. The minimum Gasteiger partial charge on any atom is -0.504 e. The molecule has 0 aliphatic carbocycles. The number of phenols is 1. The van der Waals surface area contributed by atoms with Crippen LogP contribution in [-0.2, 0) is 6.42 Å². The number of aromatic nitrogens is 2. The smallest absolute Gasteiger partial charge is 0.179 e. The first-order valence-corrected chi connectivity index (χ1v) is 14.6. The third-order valence-electron chi connectivity index (χ3n) is 7.86. The van der Waals surface area contributed by atoms with E-state index >= 15 is 0 Å². The molecule has 1 unspecified atom stereocenters. The summed E-state index contributed by atoms with van der Waals surface area (Å²) >= 11 is 0. The number of hydrogen-bond donors (Lipinski definition) is 2. The van der Waals surface area contributed by atoms with E-state index in [0.29, 0.717) is 24.0 Å².